The summed E-state index contributed by atoms with van der Waals surface area (Å²) in [7, 11) is -3.60. The van der Waals surface area contributed by atoms with E-state index in [1.807, 2.05) is 6.07 Å². The van der Waals surface area contributed by atoms with E-state index in [2.05, 4.69) is 23.7 Å². The van der Waals surface area contributed by atoms with Gasteiger partial charge in [0.05, 0.1) is 14.5 Å². The molecule has 1 amide bonds. The Morgan fingerprint density at radius 3 is 2.32 bits per heavy atom. The fraction of sp³-hybridized carbons (Fsp3) is 0.400. The second-order valence-corrected chi connectivity index (χ2v) is 11.5. The van der Waals surface area contributed by atoms with E-state index in [0.717, 1.165) is 27.8 Å². The summed E-state index contributed by atoms with van der Waals surface area (Å²) in [5, 5.41) is 1.47. The minimum absolute atomic E-state index is 0.0665. The van der Waals surface area contributed by atoms with E-state index in [1.165, 1.54) is 27.8 Å². The van der Waals surface area contributed by atoms with Crippen LogP contribution in [0.1, 0.15) is 23.5 Å². The van der Waals surface area contributed by atoms with Gasteiger partial charge in [-0.15, -0.1) is 11.3 Å². The lowest BCUT2D eigenvalue weighted by Crippen LogP contribution is -2.50. The third kappa shape index (κ3) is 4.45. The van der Waals surface area contributed by atoms with Gasteiger partial charge in [-0.05, 0) is 44.2 Å². The molecule has 1 aromatic carbocycles. The second kappa shape index (κ2) is 9.03. The number of fused-ring (bicyclic) bond motifs is 1. The Bertz CT molecular complexity index is 1150. The van der Waals surface area contributed by atoms with Crippen molar-refractivity contribution in [3.63, 3.8) is 0 Å². The third-order valence-corrected chi connectivity index (χ3v) is 9.67. The number of sulfonamides is 1. The molecule has 0 bridgehead atoms. The third-order valence-electron chi connectivity index (χ3n) is 5.30. The summed E-state index contributed by atoms with van der Waals surface area (Å²) in [5.74, 6) is -0.0665. The Labute approximate surface area is 194 Å². The monoisotopic (exact) mass is 498 g/mol. The first-order valence-electron chi connectivity index (χ1n) is 10.0. The van der Waals surface area contributed by atoms with Crippen LogP contribution in [-0.2, 0) is 10.0 Å². The van der Waals surface area contributed by atoms with Crippen LogP contribution in [0.5, 0.6) is 0 Å². The normalized spacial score (nSPS) is 15.5. The second-order valence-electron chi connectivity index (χ2n) is 7.10. The van der Waals surface area contributed by atoms with Crippen LogP contribution in [-0.4, -0.2) is 67.8 Å². The average Bonchev–Trinajstić information content (AvgIpc) is 3.34. The van der Waals surface area contributed by atoms with Crippen molar-refractivity contribution in [1.82, 2.24) is 14.2 Å². The van der Waals surface area contributed by atoms with Gasteiger partial charge >= 0.3 is 0 Å². The minimum atomic E-state index is -3.60. The summed E-state index contributed by atoms with van der Waals surface area (Å²) in [5.41, 5.74) is 0. The number of carbonyl (C=O) groups excluding carboxylic acids is 1. The molecule has 0 unspecified atom stereocenters. The minimum Gasteiger partial charge on any atom is -0.349 e. The summed E-state index contributed by atoms with van der Waals surface area (Å²) in [6.45, 7) is 7.23. The summed E-state index contributed by atoms with van der Waals surface area (Å²) in [6, 6.07) is 8.05. The number of aromatic nitrogens is 1. The standard InChI is InChI=1S/C20H23ClN4O3S3/c1-3-23(4-2)20-22-18-16(30-20)13-17(29-18)19(26)24-9-11-25(12-10-24)31(27,28)15-7-5-14(21)6-8-15/h5-8,13H,3-4,9-12H2,1-2H3. The van der Waals surface area contributed by atoms with Crippen LogP contribution in [0.4, 0.5) is 5.13 Å². The quantitative estimate of drug-likeness (QED) is 0.513. The van der Waals surface area contributed by atoms with Crippen molar-refractivity contribution in [2.45, 2.75) is 18.7 Å². The number of rotatable bonds is 6. The maximum absolute atomic E-state index is 13.0. The molecule has 0 N–H and O–H groups in total. The highest BCUT2D eigenvalue weighted by molar-refractivity contribution is 7.89. The molecule has 31 heavy (non-hydrogen) atoms. The summed E-state index contributed by atoms with van der Waals surface area (Å²) < 4.78 is 28.1. The molecule has 1 fully saturated rings. The number of hydrogen-bond acceptors (Lipinski definition) is 7. The predicted octanol–water partition coefficient (Wildman–Crippen LogP) is 4.00. The van der Waals surface area contributed by atoms with E-state index in [-0.39, 0.29) is 23.9 Å². The van der Waals surface area contributed by atoms with Crippen molar-refractivity contribution in [2.75, 3.05) is 44.2 Å². The van der Waals surface area contributed by atoms with Crippen LogP contribution >= 0.6 is 34.3 Å². The van der Waals surface area contributed by atoms with E-state index in [1.54, 1.807) is 28.4 Å². The lowest BCUT2D eigenvalue weighted by molar-refractivity contribution is 0.0703. The molecule has 0 saturated carbocycles. The number of benzene rings is 1. The highest BCUT2D eigenvalue weighted by Gasteiger charge is 2.31. The lowest BCUT2D eigenvalue weighted by Gasteiger charge is -2.33. The molecule has 166 valence electrons. The molecule has 2 aromatic heterocycles. The molecule has 1 aliphatic rings. The fourth-order valence-corrected chi connectivity index (χ4v) is 7.36. The Kier molecular flexibility index (Phi) is 6.55. The van der Waals surface area contributed by atoms with Crippen LogP contribution in [0.2, 0.25) is 5.02 Å². The zero-order valence-corrected chi connectivity index (χ0v) is 20.5. The molecule has 4 rings (SSSR count). The molecule has 3 aromatic rings. The Morgan fingerprint density at radius 1 is 1.10 bits per heavy atom. The maximum Gasteiger partial charge on any atom is 0.264 e. The van der Waals surface area contributed by atoms with Gasteiger partial charge in [0.25, 0.3) is 5.91 Å². The molecule has 3 heterocycles. The largest absolute Gasteiger partial charge is 0.349 e. The Hall–Kier alpha value is -1.72. The van der Waals surface area contributed by atoms with Gasteiger partial charge in [0.2, 0.25) is 10.0 Å². The molecule has 0 aliphatic carbocycles. The zero-order chi connectivity index (χ0) is 22.2. The molecule has 0 spiro atoms. The highest BCUT2D eigenvalue weighted by atomic mass is 35.5. The first-order chi connectivity index (χ1) is 14.8. The van der Waals surface area contributed by atoms with Crippen LogP contribution in [0.3, 0.4) is 0 Å². The van der Waals surface area contributed by atoms with E-state index in [9.17, 15) is 13.2 Å². The molecular formula is C20H23ClN4O3S3. The van der Waals surface area contributed by atoms with Crippen LogP contribution in [0.15, 0.2) is 35.2 Å². The molecule has 1 saturated heterocycles. The van der Waals surface area contributed by atoms with Crippen molar-refractivity contribution in [3.05, 3.63) is 40.2 Å². The first-order valence-corrected chi connectivity index (χ1v) is 13.5. The molecular weight excluding hydrogens is 476 g/mol. The van der Waals surface area contributed by atoms with Crippen LogP contribution in [0, 0.1) is 0 Å². The van der Waals surface area contributed by atoms with Crippen LogP contribution in [0.25, 0.3) is 9.53 Å². The van der Waals surface area contributed by atoms with Crippen molar-refractivity contribution in [3.8, 4) is 0 Å². The Morgan fingerprint density at radius 2 is 1.74 bits per heavy atom. The summed E-state index contributed by atoms with van der Waals surface area (Å²) >= 11 is 8.86. The summed E-state index contributed by atoms with van der Waals surface area (Å²) in [6.07, 6.45) is 0. The molecule has 1 aliphatic heterocycles. The van der Waals surface area contributed by atoms with Gasteiger partial charge in [-0.2, -0.15) is 4.31 Å². The SMILES string of the molecule is CCN(CC)c1nc2sc(C(=O)N3CCN(S(=O)(=O)c4ccc(Cl)cc4)CC3)cc2s1. The number of hydrogen-bond donors (Lipinski definition) is 0. The topological polar surface area (TPSA) is 73.8 Å². The fourth-order valence-electron chi connectivity index (χ4n) is 3.50. The lowest BCUT2D eigenvalue weighted by atomic mass is 10.3. The van der Waals surface area contributed by atoms with Gasteiger partial charge in [-0.25, -0.2) is 13.4 Å². The van der Waals surface area contributed by atoms with Gasteiger partial charge in [0.1, 0.15) is 4.83 Å². The summed E-state index contributed by atoms with van der Waals surface area (Å²) in [4.78, 5) is 23.3. The first kappa shape index (κ1) is 22.5. The smallest absolute Gasteiger partial charge is 0.264 e. The molecule has 11 heteroatoms. The highest BCUT2D eigenvalue weighted by Crippen LogP contribution is 2.35. The Balaban J connectivity index is 1.43. The number of amides is 1. The number of piperazine rings is 1. The number of anilines is 1. The van der Waals surface area contributed by atoms with Gasteiger partial charge in [0, 0.05) is 44.3 Å². The number of thiophene rings is 1. The van der Waals surface area contributed by atoms with E-state index < -0.39 is 10.0 Å². The number of halogens is 1. The average molecular weight is 499 g/mol. The van der Waals surface area contributed by atoms with Crippen LogP contribution < -0.4 is 4.90 Å². The maximum atomic E-state index is 13.0. The van der Waals surface area contributed by atoms with Gasteiger partial charge in [0.15, 0.2) is 5.13 Å². The van der Waals surface area contributed by atoms with Gasteiger partial charge < -0.3 is 9.80 Å². The van der Waals surface area contributed by atoms with Crippen molar-refractivity contribution in [2.24, 2.45) is 0 Å². The molecule has 0 radical (unpaired) electrons. The molecule has 7 nitrogen and oxygen atoms in total. The van der Waals surface area contributed by atoms with Crippen molar-refractivity contribution in [1.29, 1.82) is 0 Å². The number of thiazole rings is 1. The van der Waals surface area contributed by atoms with E-state index in [4.69, 9.17) is 11.6 Å². The van der Waals surface area contributed by atoms with Gasteiger partial charge in [-0.1, -0.05) is 22.9 Å². The number of nitrogens with zero attached hydrogens (tertiary/aromatic N) is 4. The van der Waals surface area contributed by atoms with Gasteiger partial charge in [-0.3, -0.25) is 4.79 Å². The van der Waals surface area contributed by atoms with Crippen molar-refractivity contribution >= 4 is 64.9 Å². The van der Waals surface area contributed by atoms with E-state index >= 15 is 0 Å². The number of carbonyl (C=O) groups is 1. The van der Waals surface area contributed by atoms with Crippen molar-refractivity contribution < 1.29 is 13.2 Å². The predicted molar refractivity (Wildman–Crippen MR) is 127 cm³/mol. The zero-order valence-electron chi connectivity index (χ0n) is 17.2. The molecule has 0 atom stereocenters. The van der Waals surface area contributed by atoms with E-state index in [0.29, 0.717) is 23.0 Å².